The number of nitrogens with zero attached hydrogens (tertiary/aromatic N) is 1. The molecule has 6 heteroatoms. The molecule has 1 saturated heterocycles. The van der Waals surface area contributed by atoms with Crippen LogP contribution in [0.2, 0.25) is 0 Å². The summed E-state index contributed by atoms with van der Waals surface area (Å²) in [6.07, 6.45) is 6.74. The largest absolute Gasteiger partial charge is 0.342 e. The van der Waals surface area contributed by atoms with Crippen molar-refractivity contribution in [3.63, 3.8) is 0 Å². The monoisotopic (exact) mass is 398 g/mol. The number of rotatable bonds is 5. The van der Waals surface area contributed by atoms with Gasteiger partial charge in [0.15, 0.2) is 0 Å². The third kappa shape index (κ3) is 3.59. The zero-order valence-electron chi connectivity index (χ0n) is 15.6. The summed E-state index contributed by atoms with van der Waals surface area (Å²) < 4.78 is 32.3. The predicted octanol–water partition coefficient (Wildman–Crippen LogP) is 4.58. The van der Waals surface area contributed by atoms with E-state index in [1.54, 1.807) is 30.3 Å². The van der Waals surface area contributed by atoms with E-state index in [4.69, 9.17) is 15.9 Å². The SMILES string of the molecule is C=CC[N+]1(OS(=O)(=O)c2ccc(C)cc2)C(C)CC(Cl)C2CCCCC21. The van der Waals surface area contributed by atoms with Crippen molar-refractivity contribution in [2.45, 2.75) is 68.3 Å². The lowest BCUT2D eigenvalue weighted by molar-refractivity contribution is -1.12. The van der Waals surface area contributed by atoms with Crippen molar-refractivity contribution >= 4 is 21.7 Å². The van der Waals surface area contributed by atoms with Crippen LogP contribution in [0.25, 0.3) is 0 Å². The third-order valence-corrected chi connectivity index (χ3v) is 7.91. The molecule has 4 nitrogen and oxygen atoms in total. The number of benzene rings is 1. The van der Waals surface area contributed by atoms with Gasteiger partial charge in [0.1, 0.15) is 18.6 Å². The first-order chi connectivity index (χ1) is 12.3. The lowest BCUT2D eigenvalue weighted by Crippen LogP contribution is -2.68. The second-order valence-electron chi connectivity index (χ2n) is 7.78. The Morgan fingerprint density at radius 2 is 1.92 bits per heavy atom. The molecule has 1 aromatic rings. The van der Waals surface area contributed by atoms with Gasteiger partial charge in [-0.05, 0) is 44.9 Å². The van der Waals surface area contributed by atoms with Crippen molar-refractivity contribution in [3.8, 4) is 0 Å². The van der Waals surface area contributed by atoms with E-state index in [2.05, 4.69) is 6.58 Å². The van der Waals surface area contributed by atoms with Gasteiger partial charge in [0.2, 0.25) is 0 Å². The number of alkyl halides is 1. The molecule has 2 aliphatic rings. The van der Waals surface area contributed by atoms with Gasteiger partial charge >= 0.3 is 10.1 Å². The Balaban J connectivity index is 2.00. The van der Waals surface area contributed by atoms with Crippen molar-refractivity contribution in [2.75, 3.05) is 6.54 Å². The highest BCUT2D eigenvalue weighted by Gasteiger charge is 2.57. The summed E-state index contributed by atoms with van der Waals surface area (Å²) in [5.74, 6) is 0.287. The molecular formula is C20H29ClNO3S+. The Labute approximate surface area is 162 Å². The van der Waals surface area contributed by atoms with Crippen molar-refractivity contribution in [2.24, 2.45) is 5.92 Å². The fourth-order valence-electron chi connectivity index (χ4n) is 4.72. The summed E-state index contributed by atoms with van der Waals surface area (Å²) in [5.41, 5.74) is 1.02. The molecule has 1 aliphatic heterocycles. The van der Waals surface area contributed by atoms with Crippen LogP contribution in [-0.4, -0.2) is 37.1 Å². The van der Waals surface area contributed by atoms with Gasteiger partial charge in [-0.3, -0.25) is 0 Å². The van der Waals surface area contributed by atoms with E-state index < -0.39 is 10.1 Å². The number of halogens is 1. The third-order valence-electron chi connectivity index (χ3n) is 6.08. The minimum Gasteiger partial charge on any atom is -0.189 e. The Bertz CT molecular complexity index is 749. The smallest absolute Gasteiger partial charge is 0.189 e. The molecule has 3 rings (SSSR count). The zero-order chi connectivity index (χ0) is 18.9. The van der Waals surface area contributed by atoms with E-state index in [0.717, 1.165) is 37.7 Å². The second-order valence-corrected chi connectivity index (χ2v) is 9.87. The number of hydroxylamine groups is 3. The molecule has 1 aromatic carbocycles. The standard InChI is InChI=1S/C20H29ClNO3S/c1-4-13-22(25-26(23,24)17-11-9-15(2)10-12-17)16(3)14-19(21)18-7-5-6-8-20(18)22/h4,9-12,16,18-20H,1,5-8,13-14H2,2-3H3/q+1. The minimum absolute atomic E-state index is 0.00456. The normalized spacial score (nSPS) is 34.9. The number of hydrogen-bond donors (Lipinski definition) is 0. The minimum atomic E-state index is -3.88. The van der Waals surface area contributed by atoms with E-state index in [1.165, 1.54) is 0 Å². The van der Waals surface area contributed by atoms with Crippen LogP contribution in [0.3, 0.4) is 0 Å². The summed E-state index contributed by atoms with van der Waals surface area (Å²) in [6, 6.07) is 6.92. The molecule has 0 amide bonds. The highest BCUT2D eigenvalue weighted by atomic mass is 35.5. The topological polar surface area (TPSA) is 43.4 Å². The molecule has 144 valence electrons. The summed E-state index contributed by atoms with van der Waals surface area (Å²) in [6.45, 7) is 8.33. The van der Waals surface area contributed by atoms with Crippen molar-refractivity contribution < 1.29 is 17.3 Å². The maximum Gasteiger partial charge on any atom is 0.342 e. The predicted molar refractivity (Wildman–Crippen MR) is 104 cm³/mol. The molecule has 0 aromatic heterocycles. The second kappa shape index (κ2) is 7.63. The molecule has 0 radical (unpaired) electrons. The number of aryl methyl sites for hydroxylation is 1. The van der Waals surface area contributed by atoms with Crippen LogP contribution in [0.15, 0.2) is 41.8 Å². The van der Waals surface area contributed by atoms with E-state index in [9.17, 15) is 8.42 Å². The molecule has 1 saturated carbocycles. The highest BCUT2D eigenvalue weighted by Crippen LogP contribution is 2.46. The fraction of sp³-hybridized carbons (Fsp3) is 0.600. The average Bonchev–Trinajstić information content (AvgIpc) is 2.60. The van der Waals surface area contributed by atoms with E-state index in [0.29, 0.717) is 6.54 Å². The molecule has 5 atom stereocenters. The highest BCUT2D eigenvalue weighted by molar-refractivity contribution is 7.86. The number of hydrogen-bond acceptors (Lipinski definition) is 3. The first-order valence-corrected chi connectivity index (χ1v) is 11.3. The first kappa shape index (κ1) is 19.9. The summed E-state index contributed by atoms with van der Waals surface area (Å²) in [4.78, 5) is 0.206. The van der Waals surface area contributed by atoms with Crippen LogP contribution in [0.5, 0.6) is 0 Å². The molecule has 0 N–H and O–H groups in total. The Hall–Kier alpha value is -0.880. The maximum absolute atomic E-state index is 13.1. The van der Waals surface area contributed by atoms with Gasteiger partial charge in [-0.1, -0.05) is 35.0 Å². The summed E-state index contributed by atoms with van der Waals surface area (Å²) in [5, 5.41) is 0.0806. The number of quaternary nitrogens is 1. The molecule has 1 aliphatic carbocycles. The number of likely N-dealkylation sites (tertiary alicyclic amines) is 1. The van der Waals surface area contributed by atoms with Crippen molar-refractivity contribution in [3.05, 3.63) is 42.5 Å². The lowest BCUT2D eigenvalue weighted by atomic mass is 9.75. The maximum atomic E-state index is 13.1. The quantitative estimate of drug-likeness (QED) is 0.414. The number of piperidine rings is 1. The van der Waals surface area contributed by atoms with E-state index in [-0.39, 0.29) is 32.9 Å². The summed E-state index contributed by atoms with van der Waals surface area (Å²) >= 11 is 6.68. The Morgan fingerprint density at radius 1 is 1.27 bits per heavy atom. The van der Waals surface area contributed by atoms with Gasteiger partial charge in [-0.25, -0.2) is 0 Å². The molecule has 1 heterocycles. The molecule has 2 fully saturated rings. The lowest BCUT2D eigenvalue weighted by Gasteiger charge is -2.53. The van der Waals surface area contributed by atoms with E-state index in [1.807, 2.05) is 13.8 Å². The molecule has 0 spiro atoms. The van der Waals surface area contributed by atoms with Crippen LogP contribution in [0, 0.1) is 12.8 Å². The van der Waals surface area contributed by atoms with Crippen LogP contribution in [0.1, 0.15) is 44.6 Å². The fourth-order valence-corrected chi connectivity index (χ4v) is 6.51. The zero-order valence-corrected chi connectivity index (χ0v) is 17.2. The Morgan fingerprint density at radius 3 is 2.58 bits per heavy atom. The van der Waals surface area contributed by atoms with Gasteiger partial charge in [0, 0.05) is 24.1 Å². The Kier molecular flexibility index (Phi) is 5.83. The first-order valence-electron chi connectivity index (χ1n) is 9.45. The van der Waals surface area contributed by atoms with Crippen molar-refractivity contribution in [1.82, 2.24) is 0 Å². The van der Waals surface area contributed by atoms with Gasteiger partial charge in [-0.2, -0.15) is 13.1 Å². The van der Waals surface area contributed by atoms with Crippen LogP contribution in [-0.2, 0) is 14.4 Å². The van der Waals surface area contributed by atoms with Gasteiger partial charge in [0.05, 0.1) is 4.90 Å². The van der Waals surface area contributed by atoms with Gasteiger partial charge < -0.3 is 0 Å². The van der Waals surface area contributed by atoms with Crippen molar-refractivity contribution in [1.29, 1.82) is 0 Å². The van der Waals surface area contributed by atoms with Gasteiger partial charge in [0.25, 0.3) is 0 Å². The average molecular weight is 399 g/mol. The van der Waals surface area contributed by atoms with E-state index >= 15 is 0 Å². The molecular weight excluding hydrogens is 370 g/mol. The van der Waals surface area contributed by atoms with Crippen LogP contribution in [0.4, 0.5) is 0 Å². The molecule has 5 unspecified atom stereocenters. The summed E-state index contributed by atoms with van der Waals surface area (Å²) in [7, 11) is -3.88. The van der Waals surface area contributed by atoms with Gasteiger partial charge in [-0.15, -0.1) is 11.6 Å². The van der Waals surface area contributed by atoms with Crippen LogP contribution >= 0.6 is 11.6 Å². The van der Waals surface area contributed by atoms with Crippen LogP contribution < -0.4 is 0 Å². The number of fused-ring (bicyclic) bond motifs is 1. The molecule has 0 bridgehead atoms. The molecule has 26 heavy (non-hydrogen) atoms.